The van der Waals surface area contributed by atoms with Crippen molar-refractivity contribution in [1.82, 2.24) is 20.2 Å². The summed E-state index contributed by atoms with van der Waals surface area (Å²) in [6.07, 6.45) is 6.17. The van der Waals surface area contributed by atoms with Gasteiger partial charge in [-0.15, -0.1) is 0 Å². The lowest BCUT2D eigenvalue weighted by molar-refractivity contribution is -0.136. The Bertz CT molecular complexity index is 1470. The molecule has 35 heavy (non-hydrogen) atoms. The van der Waals surface area contributed by atoms with Crippen LogP contribution in [0.2, 0.25) is 0 Å². The molecule has 0 spiro atoms. The van der Waals surface area contributed by atoms with E-state index in [-0.39, 0.29) is 11.8 Å². The summed E-state index contributed by atoms with van der Waals surface area (Å²) in [4.78, 5) is 22.5. The van der Waals surface area contributed by atoms with Gasteiger partial charge in [-0.25, -0.2) is 9.97 Å². The highest BCUT2D eigenvalue weighted by Crippen LogP contribution is 2.36. The van der Waals surface area contributed by atoms with Gasteiger partial charge in [-0.05, 0) is 12.1 Å². The zero-order valence-electron chi connectivity index (χ0n) is 19.0. The van der Waals surface area contributed by atoms with E-state index in [9.17, 15) is 4.79 Å². The largest absolute Gasteiger partial charge is 0.480 e. The summed E-state index contributed by atoms with van der Waals surface area (Å²) < 4.78 is 16.8. The summed E-state index contributed by atoms with van der Waals surface area (Å²) in [7, 11) is 2.91. The molecule has 0 aliphatic rings. The number of fused-ring (bicyclic) bond motifs is 1. The topological polar surface area (TPSA) is 112 Å². The van der Waals surface area contributed by atoms with Crippen molar-refractivity contribution in [2.75, 3.05) is 19.5 Å². The summed E-state index contributed by atoms with van der Waals surface area (Å²) in [6, 6.07) is 18.4. The first-order chi connectivity index (χ1) is 17.2. The van der Waals surface area contributed by atoms with Crippen LogP contribution in [0.1, 0.15) is 11.5 Å². The number of benzene rings is 2. The maximum absolute atomic E-state index is 13.9. The number of rotatable bonds is 7. The van der Waals surface area contributed by atoms with Crippen LogP contribution < -0.4 is 10.1 Å². The van der Waals surface area contributed by atoms with E-state index >= 15 is 0 Å². The van der Waals surface area contributed by atoms with E-state index < -0.39 is 11.5 Å². The minimum absolute atomic E-state index is 0.0936. The third-order valence-corrected chi connectivity index (χ3v) is 5.69. The Balaban J connectivity index is 1.60. The zero-order valence-corrected chi connectivity index (χ0v) is 19.0. The molecule has 0 saturated carbocycles. The number of ether oxygens (including phenoxy) is 2. The van der Waals surface area contributed by atoms with E-state index in [1.165, 1.54) is 26.7 Å². The Morgan fingerprint density at radius 3 is 2.54 bits per heavy atom. The number of nitrogens with one attached hydrogen (secondary N) is 1. The number of hydrogen-bond acceptors (Lipinski definition) is 8. The van der Waals surface area contributed by atoms with Gasteiger partial charge in [0.05, 0.1) is 25.0 Å². The van der Waals surface area contributed by atoms with Crippen molar-refractivity contribution in [1.29, 1.82) is 0 Å². The highest BCUT2D eigenvalue weighted by atomic mass is 16.5. The number of amides is 1. The fourth-order valence-electron chi connectivity index (χ4n) is 4.02. The van der Waals surface area contributed by atoms with Crippen LogP contribution in [0.25, 0.3) is 22.0 Å². The minimum Gasteiger partial charge on any atom is -0.480 e. The van der Waals surface area contributed by atoms with E-state index in [0.717, 1.165) is 22.0 Å². The SMILES string of the molecule is COc1ncc(-c2cnnc3ccccc23)cc1NC(=O)C(OC)(c1ccccc1)c1ncco1. The predicted octanol–water partition coefficient (Wildman–Crippen LogP) is 4.22. The van der Waals surface area contributed by atoms with Gasteiger partial charge in [0.2, 0.25) is 17.4 Å². The summed E-state index contributed by atoms with van der Waals surface area (Å²) in [5.74, 6) is -0.196. The first-order valence-electron chi connectivity index (χ1n) is 10.7. The number of nitrogens with zero attached hydrogens (tertiary/aromatic N) is 4. The summed E-state index contributed by atoms with van der Waals surface area (Å²) in [5.41, 5.74) is 1.55. The Morgan fingerprint density at radius 2 is 1.80 bits per heavy atom. The molecular weight excluding hydrogens is 446 g/mol. The standard InChI is InChI=1S/C26H21N5O4/c1-33-23-22(14-17(15-28-23)20-16-29-31-21-11-7-6-10-19(20)21)30-24(32)26(34-2,25-27-12-13-35-25)18-8-4-3-5-9-18/h3-16H,1-2H3,(H,30,32). The highest BCUT2D eigenvalue weighted by Gasteiger charge is 2.47. The quantitative estimate of drug-likeness (QED) is 0.379. The second-order valence-electron chi connectivity index (χ2n) is 7.60. The van der Waals surface area contributed by atoms with Gasteiger partial charge in [0.25, 0.3) is 5.91 Å². The van der Waals surface area contributed by atoms with Gasteiger partial charge < -0.3 is 19.2 Å². The molecule has 0 bridgehead atoms. The zero-order chi connectivity index (χ0) is 24.3. The third-order valence-electron chi connectivity index (χ3n) is 5.69. The van der Waals surface area contributed by atoms with Crippen LogP contribution in [0.5, 0.6) is 5.88 Å². The van der Waals surface area contributed by atoms with E-state index in [1.807, 2.05) is 42.5 Å². The van der Waals surface area contributed by atoms with Gasteiger partial charge in [0, 0.05) is 35.4 Å². The van der Waals surface area contributed by atoms with Crippen molar-refractivity contribution >= 4 is 22.5 Å². The van der Waals surface area contributed by atoms with Crippen molar-refractivity contribution in [3.8, 4) is 17.0 Å². The van der Waals surface area contributed by atoms with Gasteiger partial charge in [-0.3, -0.25) is 4.79 Å². The van der Waals surface area contributed by atoms with Crippen LogP contribution in [0.3, 0.4) is 0 Å². The number of pyridine rings is 1. The van der Waals surface area contributed by atoms with Crippen molar-refractivity contribution in [3.63, 3.8) is 0 Å². The van der Waals surface area contributed by atoms with Crippen LogP contribution in [-0.2, 0) is 15.1 Å². The Morgan fingerprint density at radius 1 is 1.00 bits per heavy atom. The Kier molecular flexibility index (Phi) is 5.90. The summed E-state index contributed by atoms with van der Waals surface area (Å²) >= 11 is 0. The molecule has 0 radical (unpaired) electrons. The van der Waals surface area contributed by atoms with E-state index in [0.29, 0.717) is 11.3 Å². The maximum atomic E-state index is 13.9. The normalized spacial score (nSPS) is 12.7. The van der Waals surface area contributed by atoms with E-state index in [1.54, 1.807) is 30.6 Å². The average Bonchev–Trinajstić information content (AvgIpc) is 3.45. The predicted molar refractivity (Wildman–Crippen MR) is 129 cm³/mol. The summed E-state index contributed by atoms with van der Waals surface area (Å²) in [5, 5.41) is 12.1. The number of carbonyl (C=O) groups excluding carboxylic acids is 1. The molecule has 1 atom stereocenters. The van der Waals surface area contributed by atoms with Gasteiger partial charge in [0.15, 0.2) is 0 Å². The molecule has 3 heterocycles. The fourth-order valence-corrected chi connectivity index (χ4v) is 4.02. The van der Waals surface area contributed by atoms with Crippen molar-refractivity contribution in [2.45, 2.75) is 5.60 Å². The molecule has 2 aromatic carbocycles. The summed E-state index contributed by atoms with van der Waals surface area (Å²) in [6.45, 7) is 0. The van der Waals surface area contributed by atoms with Crippen LogP contribution >= 0.6 is 0 Å². The first-order valence-corrected chi connectivity index (χ1v) is 10.7. The van der Waals surface area contributed by atoms with Crippen LogP contribution in [0.15, 0.2) is 89.9 Å². The molecule has 0 aliphatic carbocycles. The molecule has 1 N–H and O–H groups in total. The van der Waals surface area contributed by atoms with E-state index in [2.05, 4.69) is 25.5 Å². The van der Waals surface area contributed by atoms with Crippen molar-refractivity contribution in [3.05, 3.63) is 97.0 Å². The molecule has 0 saturated heterocycles. The molecule has 0 aliphatic heterocycles. The molecule has 0 fully saturated rings. The Hall–Kier alpha value is -4.63. The number of hydrogen-bond donors (Lipinski definition) is 1. The first kappa shape index (κ1) is 22.2. The second kappa shape index (κ2) is 9.32. The van der Waals surface area contributed by atoms with Crippen LogP contribution in [0, 0.1) is 0 Å². The number of carbonyl (C=O) groups is 1. The molecule has 9 nitrogen and oxygen atoms in total. The number of aromatic nitrogens is 4. The lowest BCUT2D eigenvalue weighted by Gasteiger charge is -2.28. The van der Waals surface area contributed by atoms with Gasteiger partial charge >= 0.3 is 0 Å². The molecule has 9 heteroatoms. The van der Waals surface area contributed by atoms with Crippen molar-refractivity contribution in [2.24, 2.45) is 0 Å². The highest BCUT2D eigenvalue weighted by molar-refractivity contribution is 6.02. The molecule has 3 aromatic heterocycles. The lowest BCUT2D eigenvalue weighted by Crippen LogP contribution is -2.43. The molecule has 5 aromatic rings. The molecule has 174 valence electrons. The average molecular weight is 467 g/mol. The lowest BCUT2D eigenvalue weighted by atomic mass is 9.92. The van der Waals surface area contributed by atoms with E-state index in [4.69, 9.17) is 13.9 Å². The van der Waals surface area contributed by atoms with Gasteiger partial charge in [0.1, 0.15) is 12.0 Å². The molecular formula is C26H21N5O4. The van der Waals surface area contributed by atoms with Crippen molar-refractivity contribution < 1.29 is 18.7 Å². The maximum Gasteiger partial charge on any atom is 0.271 e. The smallest absolute Gasteiger partial charge is 0.271 e. The van der Waals surface area contributed by atoms with Crippen LogP contribution in [-0.4, -0.2) is 40.3 Å². The molecule has 1 unspecified atom stereocenters. The monoisotopic (exact) mass is 467 g/mol. The molecule has 1 amide bonds. The molecule has 5 rings (SSSR count). The Labute approximate surface area is 200 Å². The van der Waals surface area contributed by atoms with Gasteiger partial charge in [-0.1, -0.05) is 48.5 Å². The third kappa shape index (κ3) is 3.87. The fraction of sp³-hybridized carbons (Fsp3) is 0.115. The number of anilines is 1. The number of oxazole rings is 1. The van der Waals surface area contributed by atoms with Crippen LogP contribution in [0.4, 0.5) is 5.69 Å². The second-order valence-corrected chi connectivity index (χ2v) is 7.60. The minimum atomic E-state index is -1.64. The van der Waals surface area contributed by atoms with Gasteiger partial charge in [-0.2, -0.15) is 10.2 Å². The number of methoxy groups -OCH3 is 2.